The molecular formula is C14H13BrClNO. The van der Waals surface area contributed by atoms with Gasteiger partial charge in [-0.2, -0.15) is 0 Å². The molecule has 18 heavy (non-hydrogen) atoms. The average Bonchev–Trinajstić information content (AvgIpc) is 2.32. The maximum Gasteiger partial charge on any atom is 0.134 e. The Morgan fingerprint density at radius 3 is 2.67 bits per heavy atom. The molecule has 2 rings (SSSR count). The van der Waals surface area contributed by atoms with Crippen LogP contribution in [-0.4, -0.2) is 0 Å². The van der Waals surface area contributed by atoms with Crippen LogP contribution in [0, 0.1) is 6.92 Å². The molecule has 0 fully saturated rings. The van der Waals surface area contributed by atoms with Gasteiger partial charge in [-0.15, -0.1) is 0 Å². The zero-order valence-corrected chi connectivity index (χ0v) is 12.3. The van der Waals surface area contributed by atoms with Crippen molar-refractivity contribution in [1.82, 2.24) is 0 Å². The minimum absolute atomic E-state index is 0.461. The standard InChI is InChI=1S/C14H13BrClNO/c1-9-2-5-14(11(15)6-9)18-8-10-3-4-12(16)13(17)7-10/h2-7H,8,17H2,1H3. The molecule has 0 saturated carbocycles. The fourth-order valence-electron chi connectivity index (χ4n) is 1.57. The van der Waals surface area contributed by atoms with Crippen molar-refractivity contribution >= 4 is 33.2 Å². The molecule has 2 aromatic carbocycles. The summed E-state index contributed by atoms with van der Waals surface area (Å²) >= 11 is 9.34. The van der Waals surface area contributed by atoms with E-state index >= 15 is 0 Å². The zero-order chi connectivity index (χ0) is 13.1. The van der Waals surface area contributed by atoms with Gasteiger partial charge in [-0.3, -0.25) is 0 Å². The van der Waals surface area contributed by atoms with E-state index in [9.17, 15) is 0 Å². The van der Waals surface area contributed by atoms with Gasteiger partial charge in [0.05, 0.1) is 15.2 Å². The summed E-state index contributed by atoms with van der Waals surface area (Å²) in [5.74, 6) is 0.814. The molecule has 0 saturated heterocycles. The smallest absolute Gasteiger partial charge is 0.134 e. The number of nitrogens with two attached hydrogens (primary N) is 1. The SMILES string of the molecule is Cc1ccc(OCc2ccc(Cl)c(N)c2)c(Br)c1. The molecule has 0 aromatic heterocycles. The number of rotatable bonds is 3. The molecule has 0 aliphatic rings. The maximum absolute atomic E-state index is 5.87. The Bertz CT molecular complexity index is 572. The first-order valence-electron chi connectivity index (χ1n) is 5.49. The van der Waals surface area contributed by atoms with E-state index in [1.54, 1.807) is 6.07 Å². The fraction of sp³-hybridized carbons (Fsp3) is 0.143. The van der Waals surface area contributed by atoms with Gasteiger partial charge in [0.1, 0.15) is 12.4 Å². The summed E-state index contributed by atoms with van der Waals surface area (Å²) < 4.78 is 6.68. The van der Waals surface area contributed by atoms with Crippen molar-refractivity contribution in [2.75, 3.05) is 5.73 Å². The quantitative estimate of drug-likeness (QED) is 0.838. The highest BCUT2D eigenvalue weighted by Gasteiger charge is 2.03. The molecule has 0 radical (unpaired) electrons. The molecule has 2 nitrogen and oxygen atoms in total. The first-order chi connectivity index (χ1) is 8.56. The van der Waals surface area contributed by atoms with Gasteiger partial charge in [0, 0.05) is 0 Å². The summed E-state index contributed by atoms with van der Waals surface area (Å²) in [6.07, 6.45) is 0. The molecule has 0 aliphatic carbocycles. The summed E-state index contributed by atoms with van der Waals surface area (Å²) in [5.41, 5.74) is 8.49. The number of hydrogen-bond donors (Lipinski definition) is 1. The molecule has 0 spiro atoms. The number of ether oxygens (including phenoxy) is 1. The predicted octanol–water partition coefficient (Wildman–Crippen LogP) is 4.57. The number of aryl methyl sites for hydroxylation is 1. The van der Waals surface area contributed by atoms with Crippen molar-refractivity contribution in [2.45, 2.75) is 13.5 Å². The highest BCUT2D eigenvalue weighted by Crippen LogP contribution is 2.27. The summed E-state index contributed by atoms with van der Waals surface area (Å²) in [7, 11) is 0. The lowest BCUT2D eigenvalue weighted by Gasteiger charge is -2.09. The summed E-state index contributed by atoms with van der Waals surface area (Å²) in [6, 6.07) is 11.5. The minimum Gasteiger partial charge on any atom is -0.488 e. The van der Waals surface area contributed by atoms with Gasteiger partial charge >= 0.3 is 0 Å². The van der Waals surface area contributed by atoms with E-state index in [0.717, 1.165) is 15.8 Å². The van der Waals surface area contributed by atoms with Gasteiger partial charge in [0.2, 0.25) is 0 Å². The van der Waals surface area contributed by atoms with E-state index in [-0.39, 0.29) is 0 Å². The molecule has 4 heteroatoms. The monoisotopic (exact) mass is 325 g/mol. The van der Waals surface area contributed by atoms with Crippen molar-refractivity contribution < 1.29 is 4.74 Å². The summed E-state index contributed by atoms with van der Waals surface area (Å²) in [4.78, 5) is 0. The third-order valence-electron chi connectivity index (χ3n) is 2.54. The maximum atomic E-state index is 5.87. The van der Waals surface area contributed by atoms with E-state index in [0.29, 0.717) is 17.3 Å². The predicted molar refractivity (Wildman–Crippen MR) is 79.1 cm³/mol. The van der Waals surface area contributed by atoms with Crippen LogP contribution in [0.3, 0.4) is 0 Å². The van der Waals surface area contributed by atoms with E-state index in [1.807, 2.05) is 37.3 Å². The Morgan fingerprint density at radius 1 is 1.22 bits per heavy atom. The zero-order valence-electron chi connectivity index (χ0n) is 9.91. The molecule has 2 aromatic rings. The van der Waals surface area contributed by atoms with Crippen LogP contribution < -0.4 is 10.5 Å². The van der Waals surface area contributed by atoms with Gasteiger partial charge in [-0.1, -0.05) is 23.7 Å². The number of nitrogen functional groups attached to an aromatic ring is 1. The van der Waals surface area contributed by atoms with E-state index in [2.05, 4.69) is 15.9 Å². The van der Waals surface area contributed by atoms with Gasteiger partial charge in [0.15, 0.2) is 0 Å². The Hall–Kier alpha value is -1.19. The number of anilines is 1. The second-order valence-corrected chi connectivity index (χ2v) is 5.34. The van der Waals surface area contributed by atoms with Gasteiger partial charge in [-0.25, -0.2) is 0 Å². The second kappa shape index (κ2) is 5.63. The second-order valence-electron chi connectivity index (χ2n) is 4.08. The van der Waals surface area contributed by atoms with Crippen molar-refractivity contribution in [1.29, 1.82) is 0 Å². The van der Waals surface area contributed by atoms with Crippen LogP contribution in [0.25, 0.3) is 0 Å². The van der Waals surface area contributed by atoms with E-state index in [4.69, 9.17) is 22.1 Å². The molecular weight excluding hydrogens is 314 g/mol. The summed E-state index contributed by atoms with van der Waals surface area (Å²) in [6.45, 7) is 2.50. The highest BCUT2D eigenvalue weighted by atomic mass is 79.9. The van der Waals surface area contributed by atoms with Crippen molar-refractivity contribution in [3.63, 3.8) is 0 Å². The first kappa shape index (κ1) is 13.2. The van der Waals surface area contributed by atoms with Crippen LogP contribution in [0.2, 0.25) is 5.02 Å². The van der Waals surface area contributed by atoms with E-state index in [1.165, 1.54) is 5.56 Å². The van der Waals surface area contributed by atoms with E-state index < -0.39 is 0 Å². The molecule has 0 amide bonds. The fourth-order valence-corrected chi connectivity index (χ4v) is 2.29. The molecule has 0 heterocycles. The third-order valence-corrected chi connectivity index (χ3v) is 3.51. The van der Waals surface area contributed by atoms with Gasteiger partial charge in [0.25, 0.3) is 0 Å². The van der Waals surface area contributed by atoms with Crippen molar-refractivity contribution in [3.05, 3.63) is 57.0 Å². The Balaban J connectivity index is 2.09. The van der Waals surface area contributed by atoms with Crippen molar-refractivity contribution in [3.8, 4) is 5.75 Å². The molecule has 94 valence electrons. The highest BCUT2D eigenvalue weighted by molar-refractivity contribution is 9.10. The Kier molecular flexibility index (Phi) is 4.15. The lowest BCUT2D eigenvalue weighted by Crippen LogP contribution is -1.97. The normalized spacial score (nSPS) is 10.4. The van der Waals surface area contributed by atoms with Crippen LogP contribution in [-0.2, 0) is 6.61 Å². The molecule has 0 aliphatic heterocycles. The lowest BCUT2D eigenvalue weighted by molar-refractivity contribution is 0.304. The summed E-state index contributed by atoms with van der Waals surface area (Å²) in [5, 5.41) is 0.565. The first-order valence-corrected chi connectivity index (χ1v) is 6.66. The lowest BCUT2D eigenvalue weighted by atomic mass is 10.2. The number of halogens is 2. The van der Waals surface area contributed by atoms with Crippen molar-refractivity contribution in [2.24, 2.45) is 0 Å². The average molecular weight is 327 g/mol. The topological polar surface area (TPSA) is 35.2 Å². The number of hydrogen-bond acceptors (Lipinski definition) is 2. The molecule has 0 atom stereocenters. The molecule has 0 bridgehead atoms. The number of benzene rings is 2. The van der Waals surface area contributed by atoms with Crippen LogP contribution in [0.1, 0.15) is 11.1 Å². The molecule has 0 unspecified atom stereocenters. The Morgan fingerprint density at radius 2 is 2.00 bits per heavy atom. The third kappa shape index (κ3) is 3.18. The van der Waals surface area contributed by atoms with Crippen LogP contribution >= 0.6 is 27.5 Å². The van der Waals surface area contributed by atoms with Crippen LogP contribution in [0.5, 0.6) is 5.75 Å². The van der Waals surface area contributed by atoms with Gasteiger partial charge in [-0.05, 0) is 58.2 Å². The largest absolute Gasteiger partial charge is 0.488 e. The van der Waals surface area contributed by atoms with Gasteiger partial charge < -0.3 is 10.5 Å². The van der Waals surface area contributed by atoms with Crippen LogP contribution in [0.4, 0.5) is 5.69 Å². The Labute approximate surface area is 120 Å². The molecule has 2 N–H and O–H groups in total. The van der Waals surface area contributed by atoms with Crippen LogP contribution in [0.15, 0.2) is 40.9 Å². The minimum atomic E-state index is 0.461.